The van der Waals surface area contributed by atoms with Gasteiger partial charge < -0.3 is 25.2 Å². The van der Waals surface area contributed by atoms with Crippen molar-refractivity contribution in [2.24, 2.45) is 0 Å². The van der Waals surface area contributed by atoms with Gasteiger partial charge in [0.25, 0.3) is 11.9 Å². The number of aliphatic hydroxyl groups is 2. The molecule has 0 bridgehead atoms. The fraction of sp³-hybridized carbons (Fsp3) is 0.800. The number of hydrogen-bond acceptors (Lipinski definition) is 5. The topological polar surface area (TPSA) is 124 Å². The number of rotatable bonds is 6. The van der Waals surface area contributed by atoms with Crippen molar-refractivity contribution in [2.75, 3.05) is 26.4 Å². The standard InChI is InChI=1S/C6H14O3.2C2H4O2/c7-3-1-5-9-6-2-4-8;2*1-2(3)4/h7-8H,1-6H2;2*1H3,(H,3,4). The van der Waals surface area contributed by atoms with Crippen LogP contribution in [0.3, 0.4) is 0 Å². The average Bonchev–Trinajstić information content (AvgIpc) is 2.16. The molecule has 104 valence electrons. The van der Waals surface area contributed by atoms with E-state index in [9.17, 15) is 0 Å². The minimum absolute atomic E-state index is 0.180. The quantitative estimate of drug-likeness (QED) is 0.490. The maximum atomic E-state index is 9.00. The van der Waals surface area contributed by atoms with Gasteiger partial charge in [0.1, 0.15) is 0 Å². The Labute approximate surface area is 101 Å². The molecule has 0 amide bonds. The Bertz CT molecular complexity index is 144. The van der Waals surface area contributed by atoms with E-state index in [1.807, 2.05) is 0 Å². The third-order valence-electron chi connectivity index (χ3n) is 0.894. The highest BCUT2D eigenvalue weighted by Crippen LogP contribution is 1.83. The molecule has 0 rings (SSSR count). The van der Waals surface area contributed by atoms with E-state index in [1.165, 1.54) is 0 Å². The summed E-state index contributed by atoms with van der Waals surface area (Å²) in [5.74, 6) is -1.67. The number of carboxylic acids is 2. The van der Waals surface area contributed by atoms with Crippen molar-refractivity contribution in [3.63, 3.8) is 0 Å². The molecule has 0 aliphatic rings. The highest BCUT2D eigenvalue weighted by molar-refractivity contribution is 5.63. The summed E-state index contributed by atoms with van der Waals surface area (Å²) in [7, 11) is 0. The van der Waals surface area contributed by atoms with E-state index < -0.39 is 11.9 Å². The van der Waals surface area contributed by atoms with Gasteiger partial charge in [0, 0.05) is 40.3 Å². The normalized spacial score (nSPS) is 8.24. The summed E-state index contributed by atoms with van der Waals surface area (Å²) in [6, 6.07) is 0. The minimum Gasteiger partial charge on any atom is -0.481 e. The Balaban J connectivity index is -0.000000205. The zero-order valence-corrected chi connectivity index (χ0v) is 10.3. The van der Waals surface area contributed by atoms with Gasteiger partial charge in [-0.05, 0) is 12.8 Å². The van der Waals surface area contributed by atoms with Crippen LogP contribution < -0.4 is 0 Å². The van der Waals surface area contributed by atoms with E-state index >= 15 is 0 Å². The summed E-state index contributed by atoms with van der Waals surface area (Å²) >= 11 is 0. The summed E-state index contributed by atoms with van der Waals surface area (Å²) < 4.78 is 4.99. The van der Waals surface area contributed by atoms with Crippen LogP contribution in [-0.4, -0.2) is 58.8 Å². The summed E-state index contributed by atoms with van der Waals surface area (Å²) in [4.78, 5) is 18.0. The molecule has 0 fully saturated rings. The first kappa shape index (κ1) is 21.1. The molecule has 0 unspecified atom stereocenters. The summed E-state index contributed by atoms with van der Waals surface area (Å²) in [6.07, 6.45) is 1.37. The number of ether oxygens (including phenoxy) is 1. The number of aliphatic carboxylic acids is 2. The monoisotopic (exact) mass is 254 g/mol. The fourth-order valence-electron chi connectivity index (χ4n) is 0.435. The van der Waals surface area contributed by atoms with Gasteiger partial charge in [0.05, 0.1) is 0 Å². The third kappa shape index (κ3) is 105. The number of hydrogen-bond donors (Lipinski definition) is 4. The Morgan fingerprint density at radius 1 is 0.882 bits per heavy atom. The van der Waals surface area contributed by atoms with E-state index in [2.05, 4.69) is 0 Å². The van der Waals surface area contributed by atoms with Crippen LogP contribution in [0.4, 0.5) is 0 Å². The maximum absolute atomic E-state index is 9.00. The SMILES string of the molecule is CC(=O)O.CC(=O)O.OCCCOCCCO. The maximum Gasteiger partial charge on any atom is 0.300 e. The first-order valence-electron chi connectivity index (χ1n) is 5.07. The first-order chi connectivity index (χ1) is 7.88. The van der Waals surface area contributed by atoms with Crippen LogP contribution in [0.5, 0.6) is 0 Å². The lowest BCUT2D eigenvalue weighted by Crippen LogP contribution is -2.00. The molecule has 0 saturated heterocycles. The molecule has 0 atom stereocenters. The van der Waals surface area contributed by atoms with Gasteiger partial charge in [0.2, 0.25) is 0 Å². The van der Waals surface area contributed by atoms with E-state index in [0.29, 0.717) is 26.1 Å². The van der Waals surface area contributed by atoms with Crippen molar-refractivity contribution >= 4 is 11.9 Å². The van der Waals surface area contributed by atoms with Crippen LogP contribution in [0.15, 0.2) is 0 Å². The molecule has 0 heterocycles. The number of carboxylic acid groups (broad SMARTS) is 2. The minimum atomic E-state index is -0.833. The van der Waals surface area contributed by atoms with Crippen molar-refractivity contribution in [3.8, 4) is 0 Å². The largest absolute Gasteiger partial charge is 0.481 e. The second kappa shape index (κ2) is 20.3. The van der Waals surface area contributed by atoms with Gasteiger partial charge in [-0.1, -0.05) is 0 Å². The summed E-state index contributed by atoms with van der Waals surface area (Å²) in [6.45, 7) is 3.71. The molecule has 0 aromatic rings. The molecule has 0 radical (unpaired) electrons. The Hall–Kier alpha value is -1.18. The van der Waals surface area contributed by atoms with E-state index in [1.54, 1.807) is 0 Å². The third-order valence-corrected chi connectivity index (χ3v) is 0.894. The first-order valence-corrected chi connectivity index (χ1v) is 5.07. The summed E-state index contributed by atoms with van der Waals surface area (Å²) in [5, 5.41) is 31.4. The van der Waals surface area contributed by atoms with E-state index in [4.69, 9.17) is 34.8 Å². The Kier molecular flexibility index (Phi) is 25.2. The summed E-state index contributed by atoms with van der Waals surface area (Å²) in [5.41, 5.74) is 0. The zero-order valence-electron chi connectivity index (χ0n) is 10.3. The second-order valence-electron chi connectivity index (χ2n) is 2.80. The molecule has 7 heteroatoms. The lowest BCUT2D eigenvalue weighted by Gasteiger charge is -1.99. The smallest absolute Gasteiger partial charge is 0.300 e. The highest BCUT2D eigenvalue weighted by Gasteiger charge is 1.85. The second-order valence-corrected chi connectivity index (χ2v) is 2.80. The molecule has 0 aliphatic carbocycles. The molecule has 0 aliphatic heterocycles. The predicted molar refractivity (Wildman–Crippen MR) is 60.8 cm³/mol. The van der Waals surface area contributed by atoms with Crippen molar-refractivity contribution in [2.45, 2.75) is 26.7 Å². The Morgan fingerprint density at radius 3 is 1.29 bits per heavy atom. The molecular formula is C10H22O7. The van der Waals surface area contributed by atoms with E-state index in [-0.39, 0.29) is 13.2 Å². The van der Waals surface area contributed by atoms with Crippen molar-refractivity contribution in [1.82, 2.24) is 0 Å². The molecular weight excluding hydrogens is 232 g/mol. The molecule has 0 aromatic heterocycles. The lowest BCUT2D eigenvalue weighted by molar-refractivity contribution is -0.135. The molecule has 0 saturated carbocycles. The van der Waals surface area contributed by atoms with Crippen LogP contribution in [0.25, 0.3) is 0 Å². The van der Waals surface area contributed by atoms with Crippen LogP contribution in [0.1, 0.15) is 26.7 Å². The van der Waals surface area contributed by atoms with Crippen molar-refractivity contribution < 1.29 is 34.8 Å². The molecule has 17 heavy (non-hydrogen) atoms. The van der Waals surface area contributed by atoms with Gasteiger partial charge in [-0.25, -0.2) is 0 Å². The molecule has 7 nitrogen and oxygen atoms in total. The Morgan fingerprint density at radius 2 is 1.12 bits per heavy atom. The lowest BCUT2D eigenvalue weighted by atomic mass is 10.5. The fourth-order valence-corrected chi connectivity index (χ4v) is 0.435. The van der Waals surface area contributed by atoms with Gasteiger partial charge in [-0.3, -0.25) is 9.59 Å². The number of aliphatic hydroxyl groups excluding tert-OH is 2. The molecule has 0 aromatic carbocycles. The van der Waals surface area contributed by atoms with Gasteiger partial charge in [-0.2, -0.15) is 0 Å². The van der Waals surface area contributed by atoms with Crippen molar-refractivity contribution in [3.05, 3.63) is 0 Å². The van der Waals surface area contributed by atoms with Gasteiger partial charge in [0.15, 0.2) is 0 Å². The van der Waals surface area contributed by atoms with E-state index in [0.717, 1.165) is 13.8 Å². The molecule has 0 spiro atoms. The van der Waals surface area contributed by atoms with Crippen LogP contribution in [-0.2, 0) is 14.3 Å². The zero-order chi connectivity index (χ0) is 14.1. The van der Waals surface area contributed by atoms with Crippen molar-refractivity contribution in [1.29, 1.82) is 0 Å². The van der Waals surface area contributed by atoms with Crippen LogP contribution >= 0.6 is 0 Å². The van der Waals surface area contributed by atoms with Gasteiger partial charge in [-0.15, -0.1) is 0 Å². The predicted octanol–water partition coefficient (Wildman–Crippen LogP) is -0.0504. The average molecular weight is 254 g/mol. The highest BCUT2D eigenvalue weighted by atomic mass is 16.5. The van der Waals surface area contributed by atoms with Gasteiger partial charge >= 0.3 is 0 Å². The van der Waals surface area contributed by atoms with Crippen LogP contribution in [0, 0.1) is 0 Å². The number of carbonyl (C=O) groups is 2. The molecule has 4 N–H and O–H groups in total. The van der Waals surface area contributed by atoms with Crippen LogP contribution in [0.2, 0.25) is 0 Å².